The second-order valence-corrected chi connectivity index (χ2v) is 10.5. The lowest BCUT2D eigenvalue weighted by Crippen LogP contribution is -2.36. The van der Waals surface area contributed by atoms with Crippen LogP contribution in [0.3, 0.4) is 0 Å². The molecule has 8 heteroatoms. The third-order valence-corrected chi connectivity index (χ3v) is 6.81. The summed E-state index contributed by atoms with van der Waals surface area (Å²) in [5, 5.41) is 2.56. The highest BCUT2D eigenvalue weighted by Gasteiger charge is 2.28. The van der Waals surface area contributed by atoms with Crippen molar-refractivity contribution in [2.45, 2.75) is 32.1 Å². The SMILES string of the molecule is CC(C)(C)S(=O)(=O)CCNC(=O)c1ccc(COc2ccc(Br)cc2)o1. The Morgan fingerprint density at radius 1 is 1.15 bits per heavy atom. The van der Waals surface area contributed by atoms with Crippen LogP contribution in [-0.4, -0.2) is 31.4 Å². The summed E-state index contributed by atoms with van der Waals surface area (Å²) in [6.45, 7) is 5.12. The molecule has 0 spiro atoms. The number of benzene rings is 1. The zero-order valence-electron chi connectivity index (χ0n) is 14.9. The minimum Gasteiger partial charge on any atom is -0.486 e. The molecule has 1 aromatic heterocycles. The van der Waals surface area contributed by atoms with E-state index in [2.05, 4.69) is 21.2 Å². The molecule has 1 N–H and O–H groups in total. The first-order valence-corrected chi connectivity index (χ1v) is 10.5. The monoisotopic (exact) mass is 443 g/mol. The highest BCUT2D eigenvalue weighted by molar-refractivity contribution is 9.10. The molecule has 2 rings (SSSR count). The lowest BCUT2D eigenvalue weighted by molar-refractivity contribution is 0.0924. The number of ether oxygens (including phenoxy) is 1. The van der Waals surface area contributed by atoms with Crippen molar-refractivity contribution < 1.29 is 22.4 Å². The summed E-state index contributed by atoms with van der Waals surface area (Å²) in [4.78, 5) is 12.1. The maximum atomic E-state index is 12.1. The first kappa shape index (κ1) is 20.5. The van der Waals surface area contributed by atoms with E-state index >= 15 is 0 Å². The summed E-state index contributed by atoms with van der Waals surface area (Å²) in [6.07, 6.45) is 0. The second kappa shape index (κ2) is 8.26. The van der Waals surface area contributed by atoms with Gasteiger partial charge in [0.2, 0.25) is 0 Å². The number of hydrogen-bond acceptors (Lipinski definition) is 5. The number of carbonyl (C=O) groups is 1. The minimum absolute atomic E-state index is 0.0316. The van der Waals surface area contributed by atoms with Crippen LogP contribution < -0.4 is 10.1 Å². The Labute approximate surface area is 162 Å². The van der Waals surface area contributed by atoms with Crippen molar-refractivity contribution in [1.82, 2.24) is 5.32 Å². The molecule has 6 nitrogen and oxygen atoms in total. The molecule has 0 aliphatic rings. The normalized spacial score (nSPS) is 12.0. The molecule has 1 amide bonds. The molecule has 0 atom stereocenters. The molecule has 26 heavy (non-hydrogen) atoms. The molecule has 0 aliphatic carbocycles. The first-order valence-electron chi connectivity index (χ1n) is 8.06. The van der Waals surface area contributed by atoms with E-state index in [-0.39, 0.29) is 24.7 Å². The number of hydrogen-bond donors (Lipinski definition) is 1. The quantitative estimate of drug-likeness (QED) is 0.706. The van der Waals surface area contributed by atoms with Gasteiger partial charge in [0.05, 0.1) is 10.5 Å². The standard InChI is InChI=1S/C18H22BrNO5S/c1-18(2,3)26(22,23)11-10-20-17(21)16-9-8-15(25-16)12-24-14-6-4-13(19)5-7-14/h4-9H,10-12H2,1-3H3,(H,20,21). The summed E-state index contributed by atoms with van der Waals surface area (Å²) in [7, 11) is -3.28. The predicted octanol–water partition coefficient (Wildman–Crippen LogP) is 3.56. The van der Waals surface area contributed by atoms with Crippen molar-refractivity contribution in [1.29, 1.82) is 0 Å². The number of amides is 1. The van der Waals surface area contributed by atoms with E-state index in [1.807, 2.05) is 24.3 Å². The topological polar surface area (TPSA) is 85.6 Å². The fourth-order valence-corrected chi connectivity index (χ4v) is 3.20. The Kier molecular flexibility index (Phi) is 6.52. The zero-order valence-corrected chi connectivity index (χ0v) is 17.3. The largest absolute Gasteiger partial charge is 0.486 e. The average molecular weight is 444 g/mol. The van der Waals surface area contributed by atoms with Crippen molar-refractivity contribution in [3.8, 4) is 5.75 Å². The molecule has 0 bridgehead atoms. The van der Waals surface area contributed by atoms with E-state index in [9.17, 15) is 13.2 Å². The Hall–Kier alpha value is -1.80. The second-order valence-electron chi connectivity index (χ2n) is 6.70. The molecule has 142 valence electrons. The van der Waals surface area contributed by atoms with Crippen LogP contribution in [0, 0.1) is 0 Å². The lowest BCUT2D eigenvalue weighted by Gasteiger charge is -2.18. The van der Waals surface area contributed by atoms with Crippen LogP contribution in [0.2, 0.25) is 0 Å². The molecule has 0 radical (unpaired) electrons. The van der Waals surface area contributed by atoms with E-state index < -0.39 is 20.5 Å². The van der Waals surface area contributed by atoms with Gasteiger partial charge in [-0.1, -0.05) is 15.9 Å². The van der Waals surface area contributed by atoms with Gasteiger partial charge in [-0.15, -0.1) is 0 Å². The predicted molar refractivity (Wildman–Crippen MR) is 103 cm³/mol. The summed E-state index contributed by atoms with van der Waals surface area (Å²) in [6, 6.07) is 10.5. The van der Waals surface area contributed by atoms with Crippen molar-refractivity contribution in [2.75, 3.05) is 12.3 Å². The Morgan fingerprint density at radius 3 is 2.42 bits per heavy atom. The lowest BCUT2D eigenvalue weighted by atomic mass is 10.3. The fourth-order valence-electron chi connectivity index (χ4n) is 1.96. The number of rotatable bonds is 7. The smallest absolute Gasteiger partial charge is 0.287 e. The Bertz CT molecular complexity index is 850. The summed E-state index contributed by atoms with van der Waals surface area (Å²) in [5.74, 6) is 0.725. The number of halogens is 1. The summed E-state index contributed by atoms with van der Waals surface area (Å²) < 4.78 is 35.2. The van der Waals surface area contributed by atoms with Crippen molar-refractivity contribution in [2.24, 2.45) is 0 Å². The summed E-state index contributed by atoms with van der Waals surface area (Å²) in [5.41, 5.74) is 0. The van der Waals surface area contributed by atoms with Gasteiger partial charge in [-0.3, -0.25) is 4.79 Å². The molecule has 0 saturated carbocycles. The van der Waals surface area contributed by atoms with Gasteiger partial charge in [-0.2, -0.15) is 0 Å². The minimum atomic E-state index is -3.28. The Balaban J connectivity index is 1.84. The third kappa shape index (κ3) is 5.60. The third-order valence-electron chi connectivity index (χ3n) is 3.67. The summed E-state index contributed by atoms with van der Waals surface area (Å²) >= 11 is 3.35. The maximum Gasteiger partial charge on any atom is 0.287 e. The van der Waals surface area contributed by atoms with E-state index in [1.165, 1.54) is 6.07 Å². The number of nitrogens with one attached hydrogen (secondary N) is 1. The van der Waals surface area contributed by atoms with Crippen LogP contribution in [0.4, 0.5) is 0 Å². The number of furan rings is 1. The number of carbonyl (C=O) groups excluding carboxylic acids is 1. The van der Waals surface area contributed by atoms with E-state index in [4.69, 9.17) is 9.15 Å². The zero-order chi connectivity index (χ0) is 19.4. The van der Waals surface area contributed by atoms with E-state index in [1.54, 1.807) is 26.8 Å². The molecule has 0 unspecified atom stereocenters. The van der Waals surface area contributed by atoms with Gasteiger partial charge in [-0.25, -0.2) is 8.42 Å². The van der Waals surface area contributed by atoms with Crippen LogP contribution in [0.1, 0.15) is 37.1 Å². The van der Waals surface area contributed by atoms with E-state index in [0.29, 0.717) is 11.5 Å². The highest BCUT2D eigenvalue weighted by atomic mass is 79.9. The van der Waals surface area contributed by atoms with Crippen LogP contribution >= 0.6 is 15.9 Å². The molecule has 1 heterocycles. The van der Waals surface area contributed by atoms with Gasteiger partial charge in [0.25, 0.3) is 5.91 Å². The van der Waals surface area contributed by atoms with Crippen molar-refractivity contribution in [3.63, 3.8) is 0 Å². The van der Waals surface area contributed by atoms with Crippen LogP contribution in [-0.2, 0) is 16.4 Å². The van der Waals surface area contributed by atoms with Crippen LogP contribution in [0.15, 0.2) is 45.3 Å². The molecular formula is C18H22BrNO5S. The van der Waals surface area contributed by atoms with Gasteiger partial charge >= 0.3 is 0 Å². The van der Waals surface area contributed by atoms with Crippen molar-refractivity contribution in [3.05, 3.63) is 52.4 Å². The van der Waals surface area contributed by atoms with Crippen LogP contribution in [0.25, 0.3) is 0 Å². The van der Waals surface area contributed by atoms with Crippen LogP contribution in [0.5, 0.6) is 5.75 Å². The molecular weight excluding hydrogens is 422 g/mol. The molecule has 1 aromatic carbocycles. The highest BCUT2D eigenvalue weighted by Crippen LogP contribution is 2.18. The van der Waals surface area contributed by atoms with Crippen molar-refractivity contribution >= 4 is 31.7 Å². The molecule has 0 saturated heterocycles. The number of sulfone groups is 1. The van der Waals surface area contributed by atoms with Gasteiger partial charge in [0.15, 0.2) is 15.6 Å². The van der Waals surface area contributed by atoms with Gasteiger partial charge in [0.1, 0.15) is 18.1 Å². The van der Waals surface area contributed by atoms with Gasteiger partial charge in [-0.05, 0) is 57.2 Å². The molecule has 0 fully saturated rings. The molecule has 0 aliphatic heterocycles. The fraction of sp³-hybridized carbons (Fsp3) is 0.389. The van der Waals surface area contributed by atoms with Gasteiger partial charge < -0.3 is 14.5 Å². The maximum absolute atomic E-state index is 12.1. The van der Waals surface area contributed by atoms with E-state index in [0.717, 1.165) is 4.47 Å². The first-order chi connectivity index (χ1) is 12.1. The molecule has 2 aromatic rings. The average Bonchev–Trinajstić information content (AvgIpc) is 3.02. The Morgan fingerprint density at radius 2 is 1.81 bits per heavy atom. The van der Waals surface area contributed by atoms with Gasteiger partial charge in [0, 0.05) is 11.0 Å².